The molecule has 192 valence electrons. The average Bonchev–Trinajstić information content (AvgIpc) is 2.96. The minimum Gasteiger partial charge on any atom is -0.368 e. The van der Waals surface area contributed by atoms with Crippen LogP contribution in [0.4, 0.5) is 0 Å². The van der Waals surface area contributed by atoms with Crippen molar-refractivity contribution in [2.75, 3.05) is 7.11 Å². The number of carbonyl (C=O) groups excluding carboxylic acids is 1. The highest BCUT2D eigenvalue weighted by Crippen LogP contribution is 2.37. The van der Waals surface area contributed by atoms with Gasteiger partial charge in [-0.2, -0.15) is 0 Å². The Kier molecular flexibility index (Phi) is 9.40. The minimum atomic E-state index is -1.89. The third-order valence-electron chi connectivity index (χ3n) is 6.10. The Labute approximate surface area is 215 Å². The Bertz CT molecular complexity index is 1160. The van der Waals surface area contributed by atoms with Crippen molar-refractivity contribution < 1.29 is 28.5 Å². The molecule has 0 radical (unpaired) electrons. The average molecular weight is 504 g/mol. The fourth-order valence-corrected chi connectivity index (χ4v) is 4.20. The molecule has 3 aromatic carbocycles. The summed E-state index contributed by atoms with van der Waals surface area (Å²) in [5.74, 6) is -1.89. The number of nitrogens with zero attached hydrogens (tertiary/aromatic N) is 3. The molecule has 9 heteroatoms. The second-order valence-electron chi connectivity index (χ2n) is 8.50. The molecule has 0 spiro atoms. The largest absolute Gasteiger partial charge is 0.368 e. The van der Waals surface area contributed by atoms with Gasteiger partial charge in [-0.3, -0.25) is 4.79 Å². The van der Waals surface area contributed by atoms with E-state index in [-0.39, 0.29) is 19.8 Å². The molecule has 0 saturated carbocycles. The number of aldehydes is 1. The van der Waals surface area contributed by atoms with E-state index in [2.05, 4.69) is 10.0 Å². The lowest BCUT2D eigenvalue weighted by atomic mass is 9.94. The molecule has 0 unspecified atom stereocenters. The normalized spacial score (nSPS) is 25.2. The molecule has 0 amide bonds. The number of hydrogen-bond donors (Lipinski definition) is 0. The second kappa shape index (κ2) is 13.1. The fourth-order valence-electron chi connectivity index (χ4n) is 4.20. The minimum absolute atomic E-state index is 0.163. The molecule has 5 atom stereocenters. The summed E-state index contributed by atoms with van der Waals surface area (Å²) in [4.78, 5) is 15.4. The van der Waals surface area contributed by atoms with Crippen LogP contribution < -0.4 is 0 Å². The summed E-state index contributed by atoms with van der Waals surface area (Å²) in [6.07, 6.45) is -3.53. The van der Waals surface area contributed by atoms with Gasteiger partial charge in [0.1, 0.15) is 18.3 Å². The maximum Gasteiger partial charge on any atom is 0.256 e. The molecule has 1 heterocycles. The van der Waals surface area contributed by atoms with Crippen LogP contribution in [0.1, 0.15) is 16.7 Å². The van der Waals surface area contributed by atoms with Crippen LogP contribution in [0.5, 0.6) is 0 Å². The predicted molar refractivity (Wildman–Crippen MR) is 135 cm³/mol. The van der Waals surface area contributed by atoms with Gasteiger partial charge in [0, 0.05) is 12.0 Å². The summed E-state index contributed by atoms with van der Waals surface area (Å²) in [7, 11) is 1.33. The zero-order chi connectivity index (χ0) is 25.9. The highest BCUT2D eigenvalue weighted by Gasteiger charge is 2.57. The van der Waals surface area contributed by atoms with E-state index in [4.69, 9.17) is 23.7 Å². The predicted octanol–water partition coefficient (Wildman–Crippen LogP) is 4.95. The number of hydrogen-bond acceptors (Lipinski definition) is 7. The maximum atomic E-state index is 12.4. The SMILES string of the molecule is CO[C@@]1(C=O)O[C@@H](N=[N+]=[N-])[C@H](OCc2ccccc2)[C@@H](OCc2ccccc2)[C@@H]1OCc1ccccc1. The molecule has 0 N–H and O–H groups in total. The number of ether oxygens (including phenoxy) is 5. The smallest absolute Gasteiger partial charge is 0.256 e. The monoisotopic (exact) mass is 503 g/mol. The lowest BCUT2D eigenvalue weighted by Crippen LogP contribution is -2.67. The van der Waals surface area contributed by atoms with Crippen molar-refractivity contribution in [3.05, 3.63) is 118 Å². The van der Waals surface area contributed by atoms with Gasteiger partial charge in [0.25, 0.3) is 5.79 Å². The van der Waals surface area contributed by atoms with E-state index in [1.165, 1.54) is 7.11 Å². The first-order valence-electron chi connectivity index (χ1n) is 11.9. The van der Waals surface area contributed by atoms with Gasteiger partial charge < -0.3 is 23.7 Å². The number of azide groups is 1. The molecule has 37 heavy (non-hydrogen) atoms. The van der Waals surface area contributed by atoms with Gasteiger partial charge in [0.15, 0.2) is 12.5 Å². The molecule has 1 aliphatic rings. The van der Waals surface area contributed by atoms with Gasteiger partial charge in [-0.15, -0.1) is 0 Å². The van der Waals surface area contributed by atoms with Crippen molar-refractivity contribution in [3.63, 3.8) is 0 Å². The van der Waals surface area contributed by atoms with E-state index in [1.807, 2.05) is 91.0 Å². The zero-order valence-electron chi connectivity index (χ0n) is 20.5. The summed E-state index contributed by atoms with van der Waals surface area (Å²) in [5, 5.41) is 3.79. The van der Waals surface area contributed by atoms with Crippen LogP contribution in [0.3, 0.4) is 0 Å². The summed E-state index contributed by atoms with van der Waals surface area (Å²) >= 11 is 0. The van der Waals surface area contributed by atoms with E-state index < -0.39 is 30.3 Å². The van der Waals surface area contributed by atoms with Gasteiger partial charge in [0.2, 0.25) is 0 Å². The van der Waals surface area contributed by atoms with Gasteiger partial charge in [-0.1, -0.05) is 96.1 Å². The fraction of sp³-hybridized carbons (Fsp3) is 0.321. The first-order valence-corrected chi connectivity index (χ1v) is 11.9. The Morgan fingerprint density at radius 1 is 0.811 bits per heavy atom. The summed E-state index contributed by atoms with van der Waals surface area (Å²) in [6, 6.07) is 28.6. The van der Waals surface area contributed by atoms with Gasteiger partial charge in [-0.25, -0.2) is 0 Å². The number of benzene rings is 3. The molecule has 3 aromatic rings. The summed E-state index contributed by atoms with van der Waals surface area (Å²) in [6.45, 7) is 0.560. The third kappa shape index (κ3) is 6.61. The Morgan fingerprint density at radius 3 is 1.70 bits per heavy atom. The van der Waals surface area contributed by atoms with Crippen LogP contribution >= 0.6 is 0 Å². The number of methoxy groups -OCH3 is 1. The van der Waals surface area contributed by atoms with Crippen LogP contribution in [0.2, 0.25) is 0 Å². The van der Waals surface area contributed by atoms with Crippen LogP contribution in [0, 0.1) is 0 Å². The first kappa shape index (κ1) is 26.5. The molecule has 0 aromatic heterocycles. The quantitative estimate of drug-likeness (QED) is 0.150. The van der Waals surface area contributed by atoms with Crippen molar-refractivity contribution in [1.82, 2.24) is 0 Å². The zero-order valence-corrected chi connectivity index (χ0v) is 20.5. The molecule has 1 fully saturated rings. The van der Waals surface area contributed by atoms with Crippen LogP contribution in [-0.4, -0.2) is 43.7 Å². The highest BCUT2D eigenvalue weighted by molar-refractivity contribution is 5.62. The van der Waals surface area contributed by atoms with E-state index in [1.54, 1.807) is 0 Å². The maximum absolute atomic E-state index is 12.4. The highest BCUT2D eigenvalue weighted by atomic mass is 16.7. The molecule has 1 aliphatic heterocycles. The molecular formula is C28H29N3O6. The van der Waals surface area contributed by atoms with Crippen molar-refractivity contribution in [2.45, 2.75) is 50.1 Å². The molecular weight excluding hydrogens is 474 g/mol. The van der Waals surface area contributed by atoms with Crippen LogP contribution in [-0.2, 0) is 48.3 Å². The second-order valence-corrected chi connectivity index (χ2v) is 8.50. The molecule has 4 rings (SSSR count). The van der Waals surface area contributed by atoms with Crippen molar-refractivity contribution in [3.8, 4) is 0 Å². The Morgan fingerprint density at radius 2 is 1.27 bits per heavy atom. The number of carbonyl (C=O) groups is 1. The van der Waals surface area contributed by atoms with Crippen molar-refractivity contribution in [1.29, 1.82) is 0 Å². The first-order chi connectivity index (χ1) is 18.2. The van der Waals surface area contributed by atoms with Gasteiger partial charge >= 0.3 is 0 Å². The molecule has 0 bridgehead atoms. The van der Waals surface area contributed by atoms with Gasteiger partial charge in [-0.05, 0) is 22.2 Å². The van der Waals surface area contributed by atoms with Crippen molar-refractivity contribution in [2.24, 2.45) is 5.11 Å². The molecule has 9 nitrogen and oxygen atoms in total. The lowest BCUT2D eigenvalue weighted by Gasteiger charge is -2.48. The van der Waals surface area contributed by atoms with E-state index in [0.717, 1.165) is 16.7 Å². The van der Waals surface area contributed by atoms with E-state index in [9.17, 15) is 10.3 Å². The lowest BCUT2D eigenvalue weighted by molar-refractivity contribution is -0.350. The topological polar surface area (TPSA) is 112 Å². The number of rotatable bonds is 12. The van der Waals surface area contributed by atoms with E-state index >= 15 is 0 Å². The standard InChI is InChI=1S/C28H29N3O6/c1-33-28(20-32)26(36-19-23-15-9-4-10-16-23)24(34-17-21-11-5-2-6-12-21)25(27(37-28)30-31-29)35-18-22-13-7-3-8-14-22/h2-16,20,24-27H,17-19H2,1H3/t24-,25-,26+,27-,28+/m1/s1. The van der Waals surface area contributed by atoms with Crippen LogP contribution in [0.25, 0.3) is 10.4 Å². The molecule has 1 saturated heterocycles. The van der Waals surface area contributed by atoms with Crippen molar-refractivity contribution >= 4 is 6.29 Å². The Hall–Kier alpha value is -3.56. The molecule has 0 aliphatic carbocycles. The Balaban J connectivity index is 1.68. The van der Waals surface area contributed by atoms with Gasteiger partial charge in [0.05, 0.1) is 19.8 Å². The third-order valence-corrected chi connectivity index (χ3v) is 6.10. The van der Waals surface area contributed by atoms with E-state index in [0.29, 0.717) is 6.29 Å². The summed E-state index contributed by atoms with van der Waals surface area (Å²) < 4.78 is 30.4. The summed E-state index contributed by atoms with van der Waals surface area (Å²) in [5.41, 5.74) is 12.0. The van der Waals surface area contributed by atoms with Crippen LogP contribution in [0.15, 0.2) is 96.1 Å².